The number of carbonyl (C=O) groups is 1. The minimum absolute atomic E-state index is 0.194. The maximum absolute atomic E-state index is 12.5. The Morgan fingerprint density at radius 3 is 2.83 bits per heavy atom. The average molecular weight is 329 g/mol. The molecule has 1 amide bonds. The van der Waals surface area contributed by atoms with Crippen LogP contribution in [-0.2, 0) is 4.79 Å². The van der Waals surface area contributed by atoms with Gasteiger partial charge in [-0.1, -0.05) is 6.07 Å². The van der Waals surface area contributed by atoms with Crippen molar-refractivity contribution in [2.24, 2.45) is 0 Å². The van der Waals surface area contributed by atoms with Crippen molar-refractivity contribution < 1.29 is 22.7 Å². The van der Waals surface area contributed by atoms with Gasteiger partial charge in [-0.15, -0.1) is 13.2 Å². The number of hydrogen-bond donors (Lipinski definition) is 1. The first-order chi connectivity index (χ1) is 10.9. The number of rotatable bonds is 3. The molecule has 1 aromatic carbocycles. The highest BCUT2D eigenvalue weighted by atomic mass is 19.4. The van der Waals surface area contributed by atoms with Gasteiger partial charge in [-0.25, -0.2) is 0 Å². The van der Waals surface area contributed by atoms with Crippen molar-refractivity contribution in [1.82, 2.24) is 9.80 Å². The number of nitrogens with one attached hydrogen (secondary N) is 1. The Hall–Kier alpha value is -1.80. The van der Waals surface area contributed by atoms with Gasteiger partial charge in [0.15, 0.2) is 0 Å². The van der Waals surface area contributed by atoms with E-state index < -0.39 is 6.36 Å². The van der Waals surface area contributed by atoms with Crippen molar-refractivity contribution in [3.63, 3.8) is 0 Å². The lowest BCUT2D eigenvalue weighted by Gasteiger charge is -2.36. The molecule has 0 spiro atoms. The molecule has 2 unspecified atom stereocenters. The number of benzene rings is 1. The molecule has 3 fully saturated rings. The van der Waals surface area contributed by atoms with E-state index in [1.54, 1.807) is 6.07 Å². The predicted octanol–water partition coefficient (Wildman–Crippen LogP) is 1.91. The summed E-state index contributed by atoms with van der Waals surface area (Å²) in [5.41, 5.74) is 0.299. The molecule has 3 heterocycles. The average Bonchev–Trinajstić information content (AvgIpc) is 2.81. The van der Waals surface area contributed by atoms with Crippen molar-refractivity contribution in [2.45, 2.75) is 18.8 Å². The van der Waals surface area contributed by atoms with Gasteiger partial charge in [0, 0.05) is 37.9 Å². The maximum Gasteiger partial charge on any atom is 0.573 e. The van der Waals surface area contributed by atoms with E-state index in [-0.39, 0.29) is 17.7 Å². The number of fused-ring (bicyclic) bond motifs is 4. The van der Waals surface area contributed by atoms with Gasteiger partial charge < -0.3 is 10.1 Å². The van der Waals surface area contributed by atoms with Crippen molar-refractivity contribution in [3.05, 3.63) is 24.3 Å². The van der Waals surface area contributed by atoms with Crippen molar-refractivity contribution in [2.75, 3.05) is 38.0 Å². The fraction of sp³-hybridized carbons (Fsp3) is 0.533. The van der Waals surface area contributed by atoms with Gasteiger partial charge in [-0.3, -0.25) is 14.6 Å². The second kappa shape index (κ2) is 6.37. The largest absolute Gasteiger partial charge is 0.573 e. The van der Waals surface area contributed by atoms with Crippen molar-refractivity contribution in [3.8, 4) is 5.75 Å². The highest BCUT2D eigenvalue weighted by Gasteiger charge is 2.34. The summed E-state index contributed by atoms with van der Waals surface area (Å²) in [7, 11) is 0. The lowest BCUT2D eigenvalue weighted by atomic mass is 10.1. The van der Waals surface area contributed by atoms with Crippen LogP contribution in [0, 0.1) is 0 Å². The number of piperazine rings is 1. The van der Waals surface area contributed by atoms with E-state index in [9.17, 15) is 18.0 Å². The lowest BCUT2D eigenvalue weighted by Crippen LogP contribution is -2.55. The summed E-state index contributed by atoms with van der Waals surface area (Å²) in [6.45, 7) is 4.31. The third-order valence-corrected chi connectivity index (χ3v) is 4.13. The zero-order valence-corrected chi connectivity index (χ0v) is 12.5. The monoisotopic (exact) mass is 329 g/mol. The topological polar surface area (TPSA) is 44.8 Å². The van der Waals surface area contributed by atoms with Gasteiger partial charge in [0.25, 0.3) is 0 Å². The fourth-order valence-electron chi connectivity index (χ4n) is 3.09. The predicted molar refractivity (Wildman–Crippen MR) is 78.2 cm³/mol. The first kappa shape index (κ1) is 16.1. The standard InChI is InChI=1S/C15H18F3N3O2/c16-15(17,18)23-12-4-1-3-11(9-12)19-14(22)13-10-20-5-2-6-21(13)8-7-20/h1,3-4,9,13H,2,5-8,10H2,(H,19,22)/t13-/m1/s1. The van der Waals surface area contributed by atoms with E-state index >= 15 is 0 Å². The molecule has 23 heavy (non-hydrogen) atoms. The SMILES string of the molecule is O=C(Nc1cccc(OC(F)(F)F)c1)[C@H]1CN2CCCN1CC2. The number of alkyl halides is 3. The van der Waals surface area contributed by atoms with Crippen LogP contribution in [0.3, 0.4) is 0 Å². The Morgan fingerprint density at radius 1 is 1.22 bits per heavy atom. The molecule has 5 nitrogen and oxygen atoms in total. The van der Waals surface area contributed by atoms with Gasteiger partial charge in [0.1, 0.15) is 11.8 Å². The van der Waals surface area contributed by atoms with Crippen LogP contribution in [0.2, 0.25) is 0 Å². The summed E-state index contributed by atoms with van der Waals surface area (Å²) in [5, 5.41) is 2.70. The Labute approximate surface area is 132 Å². The Balaban J connectivity index is 1.67. The molecular formula is C15H18F3N3O2. The maximum atomic E-state index is 12.5. The molecule has 4 rings (SSSR count). The highest BCUT2D eigenvalue weighted by molar-refractivity contribution is 5.95. The van der Waals surface area contributed by atoms with Crippen molar-refractivity contribution in [1.29, 1.82) is 0 Å². The van der Waals surface area contributed by atoms with Crippen LogP contribution in [0.5, 0.6) is 5.75 Å². The molecule has 1 aromatic rings. The summed E-state index contributed by atoms with van der Waals surface area (Å²) in [5.74, 6) is -0.539. The first-order valence-corrected chi connectivity index (χ1v) is 7.54. The number of nitrogens with zero attached hydrogens (tertiary/aromatic N) is 2. The molecule has 0 aromatic heterocycles. The molecule has 0 radical (unpaired) electrons. The normalized spacial score (nSPS) is 27.3. The number of amides is 1. The second-order valence-corrected chi connectivity index (χ2v) is 5.77. The quantitative estimate of drug-likeness (QED) is 0.920. The van der Waals surface area contributed by atoms with Crippen molar-refractivity contribution >= 4 is 11.6 Å². The van der Waals surface area contributed by atoms with E-state index in [1.807, 2.05) is 0 Å². The Morgan fingerprint density at radius 2 is 2.04 bits per heavy atom. The minimum Gasteiger partial charge on any atom is -0.406 e. The first-order valence-electron chi connectivity index (χ1n) is 7.54. The molecule has 8 heteroatoms. The number of halogens is 3. The number of carbonyl (C=O) groups excluding carboxylic acids is 1. The molecule has 3 atom stereocenters. The zero-order valence-electron chi connectivity index (χ0n) is 12.5. The molecule has 2 bridgehead atoms. The molecule has 3 saturated heterocycles. The van der Waals surface area contributed by atoms with Gasteiger partial charge in [0.2, 0.25) is 5.91 Å². The summed E-state index contributed by atoms with van der Waals surface area (Å²) in [4.78, 5) is 16.8. The minimum atomic E-state index is -4.75. The van der Waals surface area contributed by atoms with Crippen LogP contribution < -0.4 is 10.1 Å². The van der Waals surface area contributed by atoms with Crippen LogP contribution in [-0.4, -0.2) is 60.8 Å². The van der Waals surface area contributed by atoms with Crippen LogP contribution in [0.25, 0.3) is 0 Å². The highest BCUT2D eigenvalue weighted by Crippen LogP contribution is 2.25. The Kier molecular flexibility index (Phi) is 4.45. The second-order valence-electron chi connectivity index (χ2n) is 5.77. The number of hydrogen-bond acceptors (Lipinski definition) is 4. The summed E-state index contributed by atoms with van der Waals surface area (Å²) >= 11 is 0. The summed E-state index contributed by atoms with van der Waals surface area (Å²) in [6, 6.07) is 5.08. The molecule has 1 N–H and O–H groups in total. The van der Waals surface area contributed by atoms with Crippen LogP contribution in [0.4, 0.5) is 18.9 Å². The Bertz CT molecular complexity index is 575. The molecule has 3 aliphatic heterocycles. The van der Waals surface area contributed by atoms with Gasteiger partial charge >= 0.3 is 6.36 Å². The van der Waals surface area contributed by atoms with E-state index in [2.05, 4.69) is 19.9 Å². The molecule has 3 aliphatic rings. The van der Waals surface area contributed by atoms with Crippen LogP contribution in [0.1, 0.15) is 6.42 Å². The third kappa shape index (κ3) is 4.14. The van der Waals surface area contributed by atoms with Crippen LogP contribution >= 0.6 is 0 Å². The van der Waals surface area contributed by atoms with Gasteiger partial charge in [-0.05, 0) is 25.1 Å². The molecule has 0 aliphatic carbocycles. The number of ether oxygens (including phenoxy) is 1. The van der Waals surface area contributed by atoms with Gasteiger partial charge in [-0.2, -0.15) is 0 Å². The smallest absolute Gasteiger partial charge is 0.406 e. The summed E-state index contributed by atoms with van der Waals surface area (Å²) in [6.07, 6.45) is -3.72. The number of anilines is 1. The van der Waals surface area contributed by atoms with Crippen LogP contribution in [0.15, 0.2) is 24.3 Å². The van der Waals surface area contributed by atoms with E-state index in [4.69, 9.17) is 0 Å². The molecule has 126 valence electrons. The lowest BCUT2D eigenvalue weighted by molar-refractivity contribution is -0.274. The van der Waals surface area contributed by atoms with E-state index in [0.717, 1.165) is 32.6 Å². The van der Waals surface area contributed by atoms with E-state index in [1.165, 1.54) is 18.2 Å². The zero-order chi connectivity index (χ0) is 16.4. The summed E-state index contributed by atoms with van der Waals surface area (Å²) < 4.78 is 40.6. The molecular weight excluding hydrogens is 311 g/mol. The molecule has 0 saturated carbocycles. The third-order valence-electron chi connectivity index (χ3n) is 4.13. The fourth-order valence-corrected chi connectivity index (χ4v) is 3.09. The van der Waals surface area contributed by atoms with E-state index in [0.29, 0.717) is 12.2 Å². The van der Waals surface area contributed by atoms with Gasteiger partial charge in [0.05, 0.1) is 0 Å².